The van der Waals surface area contributed by atoms with Crippen molar-refractivity contribution in [2.45, 2.75) is 30.6 Å². The van der Waals surface area contributed by atoms with E-state index < -0.39 is 43.3 Å². The number of fused-ring (bicyclic) bond motifs is 1. The van der Waals surface area contributed by atoms with Crippen LogP contribution >= 0.6 is 0 Å². The van der Waals surface area contributed by atoms with Crippen molar-refractivity contribution in [2.24, 2.45) is 0 Å². The average molecular weight is 205 g/mol. The Balaban J connectivity index is 2.05. The molecule has 2 heterocycles. The maximum Gasteiger partial charge on any atom is 0.410 e. The number of carbonyl (C=O) groups excluding carboxylic acids is 1. The summed E-state index contributed by atoms with van der Waals surface area (Å²) < 4.78 is 9.71. The lowest BCUT2D eigenvalue weighted by atomic mass is 10.1. The van der Waals surface area contributed by atoms with Crippen LogP contribution in [-0.4, -0.2) is 58.7 Å². The minimum atomic E-state index is -1.18. The lowest BCUT2D eigenvalue weighted by Crippen LogP contribution is -2.45. The van der Waals surface area contributed by atoms with Gasteiger partial charge in [-0.25, -0.2) is 4.79 Å². The van der Waals surface area contributed by atoms with Crippen molar-refractivity contribution in [3.05, 3.63) is 0 Å². The van der Waals surface area contributed by atoms with Crippen LogP contribution in [0.2, 0.25) is 0 Å². The second-order valence-corrected chi connectivity index (χ2v) is 3.29. The lowest BCUT2D eigenvalue weighted by molar-refractivity contribution is -0.132. The first-order valence-electron chi connectivity index (χ1n) is 4.23. The molecule has 0 spiro atoms. The van der Waals surface area contributed by atoms with Crippen LogP contribution in [0.5, 0.6) is 0 Å². The first kappa shape index (κ1) is 9.66. The molecular weight excluding hydrogens is 194 g/mol. The fraction of sp³-hybridized carbons (Fsp3) is 0.857. The Hall–Kier alpha value is -0.890. The van der Waals surface area contributed by atoms with Gasteiger partial charge in [0.2, 0.25) is 6.29 Å². The van der Waals surface area contributed by atoms with E-state index in [-0.39, 0.29) is 0 Å². The lowest BCUT2D eigenvalue weighted by Gasteiger charge is -2.19. The average Bonchev–Trinajstić information content (AvgIpc) is 2.64. The number of ether oxygens (including phenoxy) is 2. The van der Waals surface area contributed by atoms with Gasteiger partial charge in [-0.15, -0.1) is 0 Å². The van der Waals surface area contributed by atoms with E-state index in [2.05, 4.69) is 10.1 Å². The molecule has 4 N–H and O–H groups in total. The Morgan fingerprint density at radius 3 is 2.86 bits per heavy atom. The maximum atomic E-state index is 10.7. The summed E-state index contributed by atoms with van der Waals surface area (Å²) in [7, 11) is 0. The quantitative estimate of drug-likeness (QED) is 0.398. The van der Waals surface area contributed by atoms with E-state index in [1.807, 2.05) is 0 Å². The van der Waals surface area contributed by atoms with Crippen molar-refractivity contribution in [2.75, 3.05) is 6.61 Å². The third kappa shape index (κ3) is 1.34. The molecule has 2 rings (SSSR count). The summed E-state index contributed by atoms with van der Waals surface area (Å²) in [6.07, 6.45) is -4.74. The maximum absolute atomic E-state index is 10.7. The summed E-state index contributed by atoms with van der Waals surface area (Å²) in [5.74, 6) is 0. The van der Waals surface area contributed by atoms with Crippen LogP contribution in [-0.2, 0) is 9.47 Å². The zero-order chi connectivity index (χ0) is 10.3. The molecule has 0 saturated carbocycles. The molecule has 1 amide bonds. The predicted octanol–water partition coefficient (Wildman–Crippen LogP) is -2.47. The molecule has 0 unspecified atom stereocenters. The van der Waals surface area contributed by atoms with E-state index >= 15 is 0 Å². The van der Waals surface area contributed by atoms with Crippen molar-refractivity contribution in [3.8, 4) is 0 Å². The van der Waals surface area contributed by atoms with E-state index in [1.165, 1.54) is 0 Å². The van der Waals surface area contributed by atoms with Gasteiger partial charge in [-0.2, -0.15) is 0 Å². The van der Waals surface area contributed by atoms with Crippen LogP contribution in [0.4, 0.5) is 4.79 Å². The molecule has 14 heavy (non-hydrogen) atoms. The van der Waals surface area contributed by atoms with E-state index in [0.717, 1.165) is 0 Å². The number of hydrogen-bond acceptors (Lipinski definition) is 6. The van der Waals surface area contributed by atoms with Gasteiger partial charge in [0.05, 0.1) is 6.61 Å². The predicted molar refractivity (Wildman–Crippen MR) is 41.2 cm³/mol. The third-order valence-corrected chi connectivity index (χ3v) is 2.36. The van der Waals surface area contributed by atoms with Gasteiger partial charge in [-0.3, -0.25) is 0 Å². The normalized spacial score (nSPS) is 42.9. The summed E-state index contributed by atoms with van der Waals surface area (Å²) in [5.41, 5.74) is 0. The molecule has 0 bridgehead atoms. The van der Waals surface area contributed by atoms with Crippen LogP contribution in [0, 0.1) is 0 Å². The van der Waals surface area contributed by atoms with Gasteiger partial charge in [0.15, 0.2) is 0 Å². The van der Waals surface area contributed by atoms with E-state index in [1.54, 1.807) is 0 Å². The second-order valence-electron chi connectivity index (χ2n) is 3.29. The number of rotatable bonds is 2. The van der Waals surface area contributed by atoms with Crippen LogP contribution in [0.25, 0.3) is 0 Å². The highest BCUT2D eigenvalue weighted by Crippen LogP contribution is 2.27. The summed E-state index contributed by atoms with van der Waals surface area (Å²) in [4.78, 5) is 10.7. The highest BCUT2D eigenvalue weighted by molar-refractivity contribution is 5.70. The molecule has 2 saturated heterocycles. The number of aliphatic hydroxyl groups excluding tert-OH is 3. The van der Waals surface area contributed by atoms with Crippen molar-refractivity contribution in [1.29, 1.82) is 0 Å². The van der Waals surface area contributed by atoms with Crippen molar-refractivity contribution >= 4 is 6.09 Å². The number of aliphatic hydroxyl groups is 3. The first-order valence-corrected chi connectivity index (χ1v) is 4.23. The molecule has 5 atom stereocenters. The van der Waals surface area contributed by atoms with Gasteiger partial charge < -0.3 is 30.1 Å². The number of nitrogens with one attached hydrogen (secondary N) is 1. The number of hydrogen-bond donors (Lipinski definition) is 4. The van der Waals surface area contributed by atoms with Crippen LogP contribution in [0.15, 0.2) is 0 Å². The fourth-order valence-electron chi connectivity index (χ4n) is 1.64. The minimum Gasteiger partial charge on any atom is -0.417 e. The van der Waals surface area contributed by atoms with Gasteiger partial charge in [0, 0.05) is 0 Å². The Kier molecular flexibility index (Phi) is 2.31. The van der Waals surface area contributed by atoms with Crippen LogP contribution < -0.4 is 5.32 Å². The highest BCUT2D eigenvalue weighted by atomic mass is 16.7. The Morgan fingerprint density at radius 2 is 2.29 bits per heavy atom. The van der Waals surface area contributed by atoms with Crippen molar-refractivity contribution < 1.29 is 29.6 Å². The molecule has 0 aromatic heterocycles. The van der Waals surface area contributed by atoms with Crippen LogP contribution in [0.3, 0.4) is 0 Å². The first-order chi connectivity index (χ1) is 6.63. The fourth-order valence-corrected chi connectivity index (χ4v) is 1.64. The molecule has 80 valence electrons. The van der Waals surface area contributed by atoms with E-state index in [0.29, 0.717) is 0 Å². The number of carbonyl (C=O) groups is 1. The Labute approximate surface area is 79.2 Å². The minimum absolute atomic E-state index is 0.519. The second kappa shape index (κ2) is 3.35. The summed E-state index contributed by atoms with van der Waals surface area (Å²) in [5, 5.41) is 29.8. The zero-order valence-corrected chi connectivity index (χ0v) is 7.16. The van der Waals surface area contributed by atoms with E-state index in [9.17, 15) is 15.0 Å². The van der Waals surface area contributed by atoms with Gasteiger partial charge >= 0.3 is 6.09 Å². The number of alkyl carbamates (subject to hydrolysis) is 1. The molecule has 0 aromatic rings. The molecule has 0 radical (unpaired) electrons. The zero-order valence-electron chi connectivity index (χ0n) is 7.16. The molecule has 7 nitrogen and oxygen atoms in total. The SMILES string of the molecule is O=C1N[C@H]2[C@@H](O1)O[C@H]([C@H](O)CO)[C@@H]2O. The van der Waals surface area contributed by atoms with Gasteiger partial charge in [-0.05, 0) is 0 Å². The van der Waals surface area contributed by atoms with Crippen molar-refractivity contribution in [1.82, 2.24) is 5.32 Å². The largest absolute Gasteiger partial charge is 0.417 e. The molecule has 0 aliphatic carbocycles. The van der Waals surface area contributed by atoms with Gasteiger partial charge in [0.1, 0.15) is 24.4 Å². The monoisotopic (exact) mass is 205 g/mol. The standard InChI is InChI=1S/C7H11NO6/c9-1-2(10)5-4(11)3-6(13-5)14-7(12)8-3/h2-6,9-11H,1H2,(H,8,12)/t2-,3-,4-,5-,6-/m1/s1. The number of amides is 1. The van der Waals surface area contributed by atoms with E-state index in [4.69, 9.17) is 9.84 Å². The molecule has 2 fully saturated rings. The van der Waals surface area contributed by atoms with Gasteiger partial charge in [-0.1, -0.05) is 0 Å². The van der Waals surface area contributed by atoms with Crippen LogP contribution in [0.1, 0.15) is 0 Å². The Bertz CT molecular complexity index is 246. The topological polar surface area (TPSA) is 108 Å². The molecular formula is C7H11NO6. The Morgan fingerprint density at radius 1 is 1.57 bits per heavy atom. The summed E-state index contributed by atoms with van der Waals surface area (Å²) in [6, 6.07) is -0.673. The smallest absolute Gasteiger partial charge is 0.410 e. The summed E-state index contributed by atoms with van der Waals surface area (Å²) in [6.45, 7) is -0.519. The molecule has 2 aliphatic heterocycles. The van der Waals surface area contributed by atoms with Crippen molar-refractivity contribution in [3.63, 3.8) is 0 Å². The van der Waals surface area contributed by atoms with Gasteiger partial charge in [0.25, 0.3) is 0 Å². The molecule has 0 aromatic carbocycles. The molecule has 2 aliphatic rings. The summed E-state index contributed by atoms with van der Waals surface area (Å²) >= 11 is 0. The third-order valence-electron chi connectivity index (χ3n) is 2.36. The highest BCUT2D eigenvalue weighted by Gasteiger charge is 2.52. The molecule has 7 heteroatoms.